The number of nitrogen functional groups attached to an aromatic ring is 1. The molecule has 0 aliphatic heterocycles. The summed E-state index contributed by atoms with van der Waals surface area (Å²) in [5.41, 5.74) is 7.20. The maximum absolute atomic E-state index is 12.0. The molecule has 0 bridgehead atoms. The molecule has 2 aromatic rings. The Morgan fingerprint density at radius 2 is 2.26 bits per heavy atom. The highest BCUT2D eigenvalue weighted by molar-refractivity contribution is 9.10. The Kier molecular flexibility index (Phi) is 4.10. The van der Waals surface area contributed by atoms with Crippen LogP contribution in [0.4, 0.5) is 11.5 Å². The van der Waals surface area contributed by atoms with Crippen molar-refractivity contribution in [2.45, 2.75) is 19.8 Å². The molecule has 4 N–H and O–H groups in total. The lowest BCUT2D eigenvalue weighted by Crippen LogP contribution is -2.15. The van der Waals surface area contributed by atoms with E-state index in [9.17, 15) is 4.79 Å². The zero-order chi connectivity index (χ0) is 13.8. The summed E-state index contributed by atoms with van der Waals surface area (Å²) in [7, 11) is 0. The second kappa shape index (κ2) is 5.79. The minimum Gasteiger partial charge on any atom is -0.395 e. The first-order chi connectivity index (χ1) is 9.11. The molecule has 0 spiro atoms. The van der Waals surface area contributed by atoms with Gasteiger partial charge in [0.1, 0.15) is 4.60 Å². The molecule has 0 saturated heterocycles. The number of aryl methyl sites for hydroxylation is 1. The molecular weight excluding hydrogens is 312 g/mol. The van der Waals surface area contributed by atoms with Crippen LogP contribution >= 0.6 is 15.9 Å². The molecule has 2 rings (SSSR count). The van der Waals surface area contributed by atoms with Crippen LogP contribution in [-0.4, -0.2) is 26.1 Å². The summed E-state index contributed by atoms with van der Waals surface area (Å²) < 4.78 is 0.593. The van der Waals surface area contributed by atoms with Crippen molar-refractivity contribution in [3.63, 3.8) is 0 Å². The molecular formula is C11H13BrN6O. The van der Waals surface area contributed by atoms with E-state index in [4.69, 9.17) is 5.73 Å². The van der Waals surface area contributed by atoms with Gasteiger partial charge in [-0.25, -0.2) is 9.97 Å². The third-order valence-electron chi connectivity index (χ3n) is 2.46. The first kappa shape index (κ1) is 13.5. The number of aromatic nitrogens is 4. The van der Waals surface area contributed by atoms with Crippen molar-refractivity contribution in [3.05, 3.63) is 28.4 Å². The van der Waals surface area contributed by atoms with Gasteiger partial charge in [-0.05, 0) is 22.4 Å². The van der Waals surface area contributed by atoms with E-state index in [1.165, 1.54) is 12.4 Å². The van der Waals surface area contributed by atoms with E-state index in [0.717, 1.165) is 18.5 Å². The van der Waals surface area contributed by atoms with Crippen LogP contribution < -0.4 is 11.1 Å². The standard InChI is InChI=1S/C11H13BrN6O/c1-2-3-6-9(13)10(18-17-6)11(19)16-8-5-14-7(12)4-15-8/h4-5H,2-3,13H2,1H3,(H,17,18)(H,15,16,19). The first-order valence-corrected chi connectivity index (χ1v) is 6.52. The number of nitrogens with zero attached hydrogens (tertiary/aromatic N) is 3. The number of carbonyl (C=O) groups is 1. The van der Waals surface area contributed by atoms with E-state index in [1.54, 1.807) is 0 Å². The number of H-pyrrole nitrogens is 1. The van der Waals surface area contributed by atoms with E-state index in [2.05, 4.69) is 41.4 Å². The average molecular weight is 325 g/mol. The highest BCUT2D eigenvalue weighted by Gasteiger charge is 2.17. The number of nitrogens with one attached hydrogen (secondary N) is 2. The smallest absolute Gasteiger partial charge is 0.279 e. The van der Waals surface area contributed by atoms with Crippen molar-refractivity contribution in [2.75, 3.05) is 11.1 Å². The summed E-state index contributed by atoms with van der Waals surface area (Å²) in [4.78, 5) is 19.9. The Hall–Kier alpha value is -1.96. The van der Waals surface area contributed by atoms with Crippen LogP contribution in [0, 0.1) is 0 Å². The minimum absolute atomic E-state index is 0.174. The Labute approximate surface area is 118 Å². The molecule has 100 valence electrons. The van der Waals surface area contributed by atoms with Crippen molar-refractivity contribution in [1.29, 1.82) is 0 Å². The fourth-order valence-corrected chi connectivity index (χ4v) is 1.76. The van der Waals surface area contributed by atoms with Crippen LogP contribution in [0.2, 0.25) is 0 Å². The van der Waals surface area contributed by atoms with Gasteiger partial charge in [0.25, 0.3) is 5.91 Å². The highest BCUT2D eigenvalue weighted by Crippen LogP contribution is 2.17. The second-order valence-electron chi connectivity index (χ2n) is 3.89. The molecule has 0 aromatic carbocycles. The number of hydrogen-bond acceptors (Lipinski definition) is 5. The van der Waals surface area contributed by atoms with Crippen LogP contribution in [0.1, 0.15) is 29.5 Å². The lowest BCUT2D eigenvalue weighted by atomic mass is 10.2. The minimum atomic E-state index is -0.410. The SMILES string of the molecule is CCCc1[nH]nc(C(=O)Nc2cnc(Br)cn2)c1N. The van der Waals surface area contributed by atoms with E-state index in [-0.39, 0.29) is 5.69 Å². The zero-order valence-electron chi connectivity index (χ0n) is 10.3. The normalized spacial score (nSPS) is 10.4. The number of aromatic amines is 1. The van der Waals surface area contributed by atoms with Gasteiger partial charge in [0.2, 0.25) is 0 Å². The number of carbonyl (C=O) groups excluding carboxylic acids is 1. The van der Waals surface area contributed by atoms with Crippen molar-refractivity contribution in [1.82, 2.24) is 20.2 Å². The van der Waals surface area contributed by atoms with E-state index >= 15 is 0 Å². The van der Waals surface area contributed by atoms with Gasteiger partial charge in [0.05, 0.1) is 23.8 Å². The predicted molar refractivity (Wildman–Crippen MR) is 74.7 cm³/mol. The lowest BCUT2D eigenvalue weighted by Gasteiger charge is -2.02. The highest BCUT2D eigenvalue weighted by atomic mass is 79.9. The average Bonchev–Trinajstić information content (AvgIpc) is 2.75. The van der Waals surface area contributed by atoms with Gasteiger partial charge in [-0.2, -0.15) is 5.10 Å². The predicted octanol–water partition coefficient (Wildman–Crippen LogP) is 1.75. The van der Waals surface area contributed by atoms with Gasteiger partial charge in [-0.1, -0.05) is 13.3 Å². The summed E-state index contributed by atoms with van der Waals surface area (Å²) >= 11 is 3.17. The Morgan fingerprint density at radius 3 is 2.89 bits per heavy atom. The molecule has 19 heavy (non-hydrogen) atoms. The van der Waals surface area contributed by atoms with Gasteiger partial charge >= 0.3 is 0 Å². The summed E-state index contributed by atoms with van der Waals surface area (Å²) in [5.74, 6) is -0.0691. The van der Waals surface area contributed by atoms with Crippen LogP contribution in [0.25, 0.3) is 0 Å². The largest absolute Gasteiger partial charge is 0.395 e. The molecule has 0 saturated carbocycles. The van der Waals surface area contributed by atoms with E-state index in [1.807, 2.05) is 6.92 Å². The fourth-order valence-electron chi connectivity index (χ4n) is 1.55. The van der Waals surface area contributed by atoms with Gasteiger partial charge in [-0.3, -0.25) is 9.89 Å². The third-order valence-corrected chi connectivity index (χ3v) is 2.87. The number of rotatable bonds is 4. The molecule has 1 amide bonds. The molecule has 0 radical (unpaired) electrons. The summed E-state index contributed by atoms with van der Waals surface area (Å²) in [6.07, 6.45) is 4.61. The lowest BCUT2D eigenvalue weighted by molar-refractivity contribution is 0.102. The maximum Gasteiger partial charge on any atom is 0.279 e. The Balaban J connectivity index is 2.13. The molecule has 2 aromatic heterocycles. The molecule has 2 heterocycles. The van der Waals surface area contributed by atoms with Crippen LogP contribution in [0.3, 0.4) is 0 Å². The quantitative estimate of drug-likeness (QED) is 0.793. The summed E-state index contributed by atoms with van der Waals surface area (Å²) in [6.45, 7) is 2.03. The Bertz CT molecular complexity index is 579. The van der Waals surface area contributed by atoms with Gasteiger partial charge in [0.15, 0.2) is 11.5 Å². The van der Waals surface area contributed by atoms with Gasteiger partial charge < -0.3 is 11.1 Å². The number of hydrogen-bond donors (Lipinski definition) is 3. The molecule has 0 unspecified atom stereocenters. The van der Waals surface area contributed by atoms with Crippen LogP contribution in [-0.2, 0) is 6.42 Å². The number of nitrogens with two attached hydrogens (primary N) is 1. The van der Waals surface area contributed by atoms with Crippen molar-refractivity contribution in [2.24, 2.45) is 0 Å². The van der Waals surface area contributed by atoms with E-state index in [0.29, 0.717) is 16.1 Å². The monoisotopic (exact) mass is 324 g/mol. The Morgan fingerprint density at radius 1 is 1.47 bits per heavy atom. The molecule has 0 fully saturated rings. The van der Waals surface area contributed by atoms with Crippen molar-refractivity contribution in [3.8, 4) is 0 Å². The topological polar surface area (TPSA) is 110 Å². The number of anilines is 2. The zero-order valence-corrected chi connectivity index (χ0v) is 11.9. The van der Waals surface area contributed by atoms with Crippen LogP contribution in [0.15, 0.2) is 17.0 Å². The van der Waals surface area contributed by atoms with Crippen molar-refractivity contribution < 1.29 is 4.79 Å². The molecule has 8 heteroatoms. The van der Waals surface area contributed by atoms with Gasteiger partial charge in [0, 0.05) is 0 Å². The number of halogens is 1. The number of amides is 1. The van der Waals surface area contributed by atoms with E-state index < -0.39 is 5.91 Å². The van der Waals surface area contributed by atoms with Crippen LogP contribution in [0.5, 0.6) is 0 Å². The second-order valence-corrected chi connectivity index (χ2v) is 4.71. The molecule has 0 aliphatic rings. The summed E-state index contributed by atoms with van der Waals surface area (Å²) in [5, 5.41) is 9.29. The summed E-state index contributed by atoms with van der Waals surface area (Å²) in [6, 6.07) is 0. The first-order valence-electron chi connectivity index (χ1n) is 5.73. The maximum atomic E-state index is 12.0. The van der Waals surface area contributed by atoms with Gasteiger partial charge in [-0.15, -0.1) is 0 Å². The third kappa shape index (κ3) is 3.08. The fraction of sp³-hybridized carbons (Fsp3) is 0.273. The molecule has 0 atom stereocenters. The van der Waals surface area contributed by atoms with Crippen molar-refractivity contribution >= 4 is 33.3 Å². The molecule has 0 aliphatic carbocycles. The molecule has 7 nitrogen and oxygen atoms in total.